The molecule has 39 heavy (non-hydrogen) atoms. The van der Waals surface area contributed by atoms with Crippen molar-refractivity contribution in [3.05, 3.63) is 136 Å². The minimum atomic E-state index is -0.416. The van der Waals surface area contributed by atoms with Crippen LogP contribution in [0.4, 0.5) is 5.69 Å². The topological polar surface area (TPSA) is 99.3 Å². The van der Waals surface area contributed by atoms with Crippen LogP contribution in [0.3, 0.4) is 0 Å². The van der Waals surface area contributed by atoms with Crippen molar-refractivity contribution in [2.24, 2.45) is 0 Å². The molecule has 1 atom stereocenters. The third kappa shape index (κ3) is 5.96. The first kappa shape index (κ1) is 25.7. The van der Waals surface area contributed by atoms with E-state index >= 15 is 0 Å². The zero-order valence-electron chi connectivity index (χ0n) is 21.5. The number of hydrogen-bond acceptors (Lipinski definition) is 5. The normalized spacial score (nSPS) is 11.7. The van der Waals surface area contributed by atoms with Crippen molar-refractivity contribution in [3.8, 4) is 5.75 Å². The van der Waals surface area contributed by atoms with Gasteiger partial charge in [-0.2, -0.15) is 0 Å². The van der Waals surface area contributed by atoms with E-state index < -0.39 is 4.92 Å². The molecule has 0 fully saturated rings. The van der Waals surface area contributed by atoms with Gasteiger partial charge in [-0.15, -0.1) is 0 Å². The fraction of sp³-hybridized carbons (Fsp3) is 0.161. The fourth-order valence-electron chi connectivity index (χ4n) is 4.81. The zero-order chi connectivity index (χ0) is 27.2. The van der Waals surface area contributed by atoms with E-state index in [-0.39, 0.29) is 23.9 Å². The Morgan fingerprint density at radius 3 is 2.38 bits per heavy atom. The number of nitro groups is 1. The summed E-state index contributed by atoms with van der Waals surface area (Å²) >= 11 is 0. The van der Waals surface area contributed by atoms with Crippen LogP contribution >= 0.6 is 0 Å². The van der Waals surface area contributed by atoms with Crippen molar-refractivity contribution >= 4 is 22.5 Å². The molecular weight excluding hydrogens is 492 g/mol. The molecule has 5 aromatic rings. The van der Waals surface area contributed by atoms with Crippen LogP contribution in [0.1, 0.15) is 34.6 Å². The molecule has 3 aromatic carbocycles. The molecular formula is C31H28N4O4. The number of rotatable bonds is 10. The molecule has 5 rings (SSSR count). The second-order valence-electron chi connectivity index (χ2n) is 9.32. The molecule has 0 aliphatic heterocycles. The molecule has 8 nitrogen and oxygen atoms in total. The highest BCUT2D eigenvalue weighted by Gasteiger charge is 2.23. The smallest absolute Gasteiger partial charge is 0.269 e. The lowest BCUT2D eigenvalue weighted by Crippen LogP contribution is -2.25. The largest absolute Gasteiger partial charge is 0.497 e. The molecule has 1 N–H and O–H groups in total. The van der Waals surface area contributed by atoms with E-state index in [4.69, 9.17) is 4.74 Å². The number of nitro benzene ring substituents is 1. The molecule has 0 bridgehead atoms. The predicted molar refractivity (Wildman–Crippen MR) is 150 cm³/mol. The van der Waals surface area contributed by atoms with E-state index in [0.717, 1.165) is 38.9 Å². The predicted octanol–water partition coefficient (Wildman–Crippen LogP) is 5.84. The summed E-state index contributed by atoms with van der Waals surface area (Å²) in [6.07, 6.45) is 5.67. The number of aromatic nitrogens is 2. The summed E-state index contributed by atoms with van der Waals surface area (Å²) in [7, 11) is 1.65. The molecule has 0 aliphatic rings. The summed E-state index contributed by atoms with van der Waals surface area (Å²) in [4.78, 5) is 28.1. The first-order valence-electron chi connectivity index (χ1n) is 12.6. The number of benzene rings is 3. The van der Waals surface area contributed by atoms with Gasteiger partial charge in [0, 0.05) is 67.1 Å². The summed E-state index contributed by atoms with van der Waals surface area (Å²) in [5.74, 6) is 0.389. The van der Waals surface area contributed by atoms with Crippen molar-refractivity contribution in [3.63, 3.8) is 0 Å². The number of hydrogen-bond donors (Lipinski definition) is 1. The summed E-state index contributed by atoms with van der Waals surface area (Å²) in [6, 6.07) is 26.3. The standard InChI is InChI=1S/C31H28N4O4/c1-39-26-12-6-23(7-13-26)20-34-21-29(27-4-2-3-5-30(27)34)28(24-8-10-25(11-9-24)35(37)38)18-31(36)33-19-22-14-16-32-17-15-22/h2-17,21,28H,18-20H2,1H3,(H,33,36). The van der Waals surface area contributed by atoms with Gasteiger partial charge in [-0.1, -0.05) is 42.5 Å². The van der Waals surface area contributed by atoms with Gasteiger partial charge in [-0.05, 0) is 52.6 Å². The van der Waals surface area contributed by atoms with Gasteiger partial charge in [0.2, 0.25) is 5.91 Å². The van der Waals surface area contributed by atoms with Crippen LogP contribution in [0.25, 0.3) is 10.9 Å². The number of ether oxygens (including phenoxy) is 1. The van der Waals surface area contributed by atoms with Crippen molar-refractivity contribution < 1.29 is 14.5 Å². The highest BCUT2D eigenvalue weighted by atomic mass is 16.6. The first-order chi connectivity index (χ1) is 19.0. The Hall–Kier alpha value is -4.98. The van der Waals surface area contributed by atoms with E-state index in [0.29, 0.717) is 13.1 Å². The number of nitrogens with zero attached hydrogens (tertiary/aromatic N) is 3. The third-order valence-corrected chi connectivity index (χ3v) is 6.84. The molecule has 0 aliphatic carbocycles. The Balaban J connectivity index is 1.50. The van der Waals surface area contributed by atoms with Gasteiger partial charge >= 0.3 is 0 Å². The highest BCUT2D eigenvalue weighted by molar-refractivity contribution is 5.87. The Labute approximate surface area is 226 Å². The number of non-ortho nitro benzene ring substituents is 1. The number of para-hydroxylation sites is 1. The summed E-state index contributed by atoms with van der Waals surface area (Å²) in [5, 5.41) is 15.3. The zero-order valence-corrected chi connectivity index (χ0v) is 21.5. The Kier molecular flexibility index (Phi) is 7.63. The number of carbonyl (C=O) groups excluding carboxylic acids is 1. The summed E-state index contributed by atoms with van der Waals surface area (Å²) in [6.45, 7) is 1.04. The van der Waals surface area contributed by atoms with Gasteiger partial charge in [-0.3, -0.25) is 19.9 Å². The van der Waals surface area contributed by atoms with Crippen molar-refractivity contribution in [1.29, 1.82) is 0 Å². The van der Waals surface area contributed by atoms with Crippen LogP contribution < -0.4 is 10.1 Å². The van der Waals surface area contributed by atoms with Gasteiger partial charge in [0.25, 0.3) is 5.69 Å². The molecule has 196 valence electrons. The first-order valence-corrected chi connectivity index (χ1v) is 12.6. The molecule has 0 spiro atoms. The maximum absolute atomic E-state index is 13.2. The van der Waals surface area contributed by atoms with Crippen LogP contribution in [-0.4, -0.2) is 27.5 Å². The average Bonchev–Trinajstić information content (AvgIpc) is 3.33. The van der Waals surface area contributed by atoms with Crippen LogP contribution in [0.5, 0.6) is 5.75 Å². The molecule has 8 heteroatoms. The van der Waals surface area contributed by atoms with Crippen LogP contribution in [0.15, 0.2) is 104 Å². The van der Waals surface area contributed by atoms with Gasteiger partial charge in [0.05, 0.1) is 12.0 Å². The molecule has 0 saturated carbocycles. The Bertz CT molecular complexity index is 1580. The van der Waals surface area contributed by atoms with Crippen LogP contribution in [0, 0.1) is 10.1 Å². The molecule has 2 heterocycles. The number of fused-ring (bicyclic) bond motifs is 1. The van der Waals surface area contributed by atoms with Gasteiger partial charge in [0.1, 0.15) is 5.75 Å². The lowest BCUT2D eigenvalue weighted by atomic mass is 9.88. The Morgan fingerprint density at radius 1 is 0.974 bits per heavy atom. The van der Waals surface area contributed by atoms with Crippen LogP contribution in [0.2, 0.25) is 0 Å². The maximum Gasteiger partial charge on any atom is 0.269 e. The summed E-state index contributed by atoms with van der Waals surface area (Å²) < 4.78 is 7.47. The minimum absolute atomic E-state index is 0.0153. The molecule has 1 unspecified atom stereocenters. The van der Waals surface area contributed by atoms with Crippen molar-refractivity contribution in [2.75, 3.05) is 7.11 Å². The number of nitrogens with one attached hydrogen (secondary N) is 1. The number of amides is 1. The summed E-state index contributed by atoms with van der Waals surface area (Å²) in [5.41, 5.74) is 4.97. The van der Waals surface area contributed by atoms with Gasteiger partial charge in [0.15, 0.2) is 0 Å². The van der Waals surface area contributed by atoms with E-state index in [1.54, 1.807) is 31.6 Å². The maximum atomic E-state index is 13.2. The lowest BCUT2D eigenvalue weighted by Gasteiger charge is -2.17. The van der Waals surface area contributed by atoms with E-state index in [1.165, 1.54) is 12.1 Å². The van der Waals surface area contributed by atoms with Crippen molar-refractivity contribution in [1.82, 2.24) is 14.9 Å². The monoisotopic (exact) mass is 520 g/mol. The quantitative estimate of drug-likeness (QED) is 0.184. The highest BCUT2D eigenvalue weighted by Crippen LogP contribution is 2.36. The molecule has 0 saturated heterocycles. The second-order valence-corrected chi connectivity index (χ2v) is 9.32. The fourth-order valence-corrected chi connectivity index (χ4v) is 4.81. The Morgan fingerprint density at radius 2 is 1.69 bits per heavy atom. The van der Waals surface area contributed by atoms with E-state index in [1.807, 2.05) is 48.5 Å². The minimum Gasteiger partial charge on any atom is -0.497 e. The SMILES string of the molecule is COc1ccc(Cn2cc(C(CC(=O)NCc3ccncc3)c3ccc([N+](=O)[O-])cc3)c3ccccc32)cc1. The number of carbonyl (C=O) groups is 1. The van der Waals surface area contributed by atoms with Gasteiger partial charge < -0.3 is 14.6 Å². The van der Waals surface area contributed by atoms with E-state index in [9.17, 15) is 14.9 Å². The number of pyridine rings is 1. The lowest BCUT2D eigenvalue weighted by molar-refractivity contribution is -0.384. The average molecular weight is 521 g/mol. The van der Waals surface area contributed by atoms with Gasteiger partial charge in [-0.25, -0.2) is 0 Å². The van der Waals surface area contributed by atoms with Crippen LogP contribution in [-0.2, 0) is 17.9 Å². The molecule has 2 aromatic heterocycles. The second kappa shape index (κ2) is 11.6. The molecule has 0 radical (unpaired) electrons. The molecule has 1 amide bonds. The number of methoxy groups -OCH3 is 1. The van der Waals surface area contributed by atoms with Crippen molar-refractivity contribution in [2.45, 2.75) is 25.4 Å². The van der Waals surface area contributed by atoms with E-state index in [2.05, 4.69) is 33.2 Å². The third-order valence-electron chi connectivity index (χ3n) is 6.84.